The Morgan fingerprint density at radius 1 is 1.29 bits per heavy atom. The predicted octanol–water partition coefficient (Wildman–Crippen LogP) is -0.151. The molecular weight excluding hydrogens is 270 g/mol. The molecule has 116 valence electrons. The highest BCUT2D eigenvalue weighted by molar-refractivity contribution is 5.78. The highest BCUT2D eigenvalue weighted by atomic mass is 16.5. The zero-order valence-corrected chi connectivity index (χ0v) is 12.4. The first kappa shape index (κ1) is 14.5. The Kier molecular flexibility index (Phi) is 4.82. The first-order valence-electron chi connectivity index (χ1n) is 7.73. The first-order chi connectivity index (χ1) is 10.3. The zero-order chi connectivity index (χ0) is 14.5. The van der Waals surface area contributed by atoms with Crippen molar-refractivity contribution in [3.8, 4) is 0 Å². The third-order valence-electron chi connectivity index (χ3n) is 4.24. The smallest absolute Gasteiger partial charge is 0.236 e. The standard InChI is InChI=1S/C14H23N5O2/c20-14(18-6-8-21-9-7-18)12-17-4-1-2-13(10-17)11-19-5-3-15-16-19/h3,5,13H,1-2,4,6-12H2. The molecule has 3 rings (SSSR count). The van der Waals surface area contributed by atoms with Crippen LogP contribution in [0.25, 0.3) is 0 Å². The van der Waals surface area contributed by atoms with E-state index in [0.717, 1.165) is 39.1 Å². The first-order valence-corrected chi connectivity index (χ1v) is 7.73. The molecule has 7 heteroatoms. The van der Waals surface area contributed by atoms with Gasteiger partial charge in [-0.3, -0.25) is 14.4 Å². The molecule has 0 aliphatic carbocycles. The highest BCUT2D eigenvalue weighted by Crippen LogP contribution is 2.18. The molecule has 1 aromatic heterocycles. The minimum absolute atomic E-state index is 0.236. The van der Waals surface area contributed by atoms with Crippen molar-refractivity contribution in [2.24, 2.45) is 5.92 Å². The number of morpholine rings is 1. The lowest BCUT2D eigenvalue weighted by Crippen LogP contribution is -2.48. The predicted molar refractivity (Wildman–Crippen MR) is 76.6 cm³/mol. The van der Waals surface area contributed by atoms with Crippen LogP contribution in [0.3, 0.4) is 0 Å². The summed E-state index contributed by atoms with van der Waals surface area (Å²) in [5.41, 5.74) is 0. The molecule has 0 bridgehead atoms. The van der Waals surface area contributed by atoms with Crippen molar-refractivity contribution in [2.45, 2.75) is 19.4 Å². The van der Waals surface area contributed by atoms with Crippen molar-refractivity contribution in [3.05, 3.63) is 12.4 Å². The maximum absolute atomic E-state index is 12.3. The summed E-state index contributed by atoms with van der Waals surface area (Å²) in [6.07, 6.45) is 5.96. The molecule has 0 aromatic carbocycles. The van der Waals surface area contributed by atoms with Crippen molar-refractivity contribution < 1.29 is 9.53 Å². The van der Waals surface area contributed by atoms with E-state index in [0.29, 0.717) is 25.7 Å². The summed E-state index contributed by atoms with van der Waals surface area (Å²) in [7, 11) is 0. The maximum atomic E-state index is 12.3. The lowest BCUT2D eigenvalue weighted by atomic mass is 9.98. The molecule has 2 aliphatic heterocycles. The molecule has 1 amide bonds. The molecule has 1 unspecified atom stereocenters. The van der Waals surface area contributed by atoms with Crippen molar-refractivity contribution in [2.75, 3.05) is 45.9 Å². The number of nitrogens with zero attached hydrogens (tertiary/aromatic N) is 5. The number of carbonyl (C=O) groups is 1. The van der Waals surface area contributed by atoms with E-state index in [9.17, 15) is 4.79 Å². The van der Waals surface area contributed by atoms with Gasteiger partial charge in [-0.25, -0.2) is 0 Å². The van der Waals surface area contributed by atoms with Gasteiger partial charge in [0.05, 0.1) is 26.0 Å². The van der Waals surface area contributed by atoms with Crippen LogP contribution in [-0.4, -0.2) is 76.6 Å². The van der Waals surface area contributed by atoms with Gasteiger partial charge in [0, 0.05) is 32.4 Å². The summed E-state index contributed by atoms with van der Waals surface area (Å²) in [6, 6.07) is 0. The summed E-state index contributed by atoms with van der Waals surface area (Å²) < 4.78 is 7.18. The summed E-state index contributed by atoms with van der Waals surface area (Å²) in [4.78, 5) is 16.5. The summed E-state index contributed by atoms with van der Waals surface area (Å²) >= 11 is 0. The quantitative estimate of drug-likeness (QED) is 0.772. The molecule has 0 N–H and O–H groups in total. The van der Waals surface area contributed by atoms with E-state index in [1.165, 1.54) is 6.42 Å². The van der Waals surface area contributed by atoms with Crippen LogP contribution in [0, 0.1) is 5.92 Å². The Morgan fingerprint density at radius 3 is 2.90 bits per heavy atom. The van der Waals surface area contributed by atoms with Crippen LogP contribution in [-0.2, 0) is 16.1 Å². The van der Waals surface area contributed by atoms with E-state index in [-0.39, 0.29) is 5.91 Å². The Bertz CT molecular complexity index is 444. The normalized spacial score (nSPS) is 24.2. The van der Waals surface area contributed by atoms with Crippen LogP contribution < -0.4 is 0 Å². The van der Waals surface area contributed by atoms with Crippen molar-refractivity contribution in [3.63, 3.8) is 0 Å². The van der Waals surface area contributed by atoms with Crippen LogP contribution in [0.1, 0.15) is 12.8 Å². The second kappa shape index (κ2) is 7.00. The van der Waals surface area contributed by atoms with E-state index in [1.807, 2.05) is 15.8 Å². The fourth-order valence-corrected chi connectivity index (χ4v) is 3.14. The van der Waals surface area contributed by atoms with Crippen molar-refractivity contribution >= 4 is 5.91 Å². The number of rotatable bonds is 4. The van der Waals surface area contributed by atoms with Crippen LogP contribution >= 0.6 is 0 Å². The van der Waals surface area contributed by atoms with Gasteiger partial charge in [-0.1, -0.05) is 5.21 Å². The number of piperidine rings is 1. The largest absolute Gasteiger partial charge is 0.378 e. The Labute approximate surface area is 124 Å². The Hall–Kier alpha value is -1.47. The molecule has 1 atom stereocenters. The third-order valence-corrected chi connectivity index (χ3v) is 4.24. The van der Waals surface area contributed by atoms with Gasteiger partial charge in [-0.15, -0.1) is 5.10 Å². The minimum atomic E-state index is 0.236. The minimum Gasteiger partial charge on any atom is -0.378 e. The van der Waals surface area contributed by atoms with Crippen LogP contribution in [0.5, 0.6) is 0 Å². The van der Waals surface area contributed by atoms with Gasteiger partial charge >= 0.3 is 0 Å². The molecule has 21 heavy (non-hydrogen) atoms. The number of likely N-dealkylation sites (tertiary alicyclic amines) is 1. The number of hydrogen-bond acceptors (Lipinski definition) is 5. The molecule has 1 aromatic rings. The second-order valence-corrected chi connectivity index (χ2v) is 5.86. The van der Waals surface area contributed by atoms with E-state index < -0.39 is 0 Å². The molecule has 0 spiro atoms. The van der Waals surface area contributed by atoms with E-state index in [1.54, 1.807) is 6.20 Å². The molecule has 0 radical (unpaired) electrons. The van der Waals surface area contributed by atoms with E-state index >= 15 is 0 Å². The average Bonchev–Trinajstić information content (AvgIpc) is 3.01. The summed E-state index contributed by atoms with van der Waals surface area (Å²) in [5.74, 6) is 0.789. The van der Waals surface area contributed by atoms with E-state index in [2.05, 4.69) is 15.2 Å². The lowest BCUT2D eigenvalue weighted by molar-refractivity contribution is -0.136. The molecule has 0 saturated carbocycles. The maximum Gasteiger partial charge on any atom is 0.236 e. The third kappa shape index (κ3) is 4.01. The fraction of sp³-hybridized carbons (Fsp3) is 0.786. The molecule has 2 fully saturated rings. The number of amides is 1. The monoisotopic (exact) mass is 293 g/mol. The van der Waals surface area contributed by atoms with Crippen LogP contribution in [0.4, 0.5) is 0 Å². The second-order valence-electron chi connectivity index (χ2n) is 5.86. The summed E-state index contributed by atoms with van der Waals surface area (Å²) in [5, 5.41) is 7.87. The lowest BCUT2D eigenvalue weighted by Gasteiger charge is -2.34. The van der Waals surface area contributed by atoms with Gasteiger partial charge in [0.15, 0.2) is 0 Å². The molecule has 2 aliphatic rings. The SMILES string of the molecule is O=C(CN1CCCC(Cn2ccnn2)C1)N1CCOCC1. The molecular formula is C14H23N5O2. The molecule has 3 heterocycles. The highest BCUT2D eigenvalue weighted by Gasteiger charge is 2.24. The van der Waals surface area contributed by atoms with Gasteiger partial charge in [-0.2, -0.15) is 0 Å². The fourth-order valence-electron chi connectivity index (χ4n) is 3.14. The number of aromatic nitrogens is 3. The number of ether oxygens (including phenoxy) is 1. The van der Waals surface area contributed by atoms with Gasteiger partial charge in [0.1, 0.15) is 0 Å². The number of carbonyl (C=O) groups excluding carboxylic acids is 1. The Balaban J connectivity index is 1.47. The van der Waals surface area contributed by atoms with Crippen molar-refractivity contribution in [1.82, 2.24) is 24.8 Å². The van der Waals surface area contributed by atoms with Gasteiger partial charge in [0.2, 0.25) is 5.91 Å². The van der Waals surface area contributed by atoms with E-state index in [4.69, 9.17) is 4.74 Å². The van der Waals surface area contributed by atoms with Crippen molar-refractivity contribution in [1.29, 1.82) is 0 Å². The Morgan fingerprint density at radius 2 is 2.14 bits per heavy atom. The van der Waals surface area contributed by atoms with Crippen LogP contribution in [0.15, 0.2) is 12.4 Å². The van der Waals surface area contributed by atoms with Crippen LogP contribution in [0.2, 0.25) is 0 Å². The van der Waals surface area contributed by atoms with Gasteiger partial charge in [-0.05, 0) is 25.3 Å². The molecule has 7 nitrogen and oxygen atoms in total. The number of hydrogen-bond donors (Lipinski definition) is 0. The van der Waals surface area contributed by atoms with Gasteiger partial charge < -0.3 is 9.64 Å². The zero-order valence-electron chi connectivity index (χ0n) is 12.4. The van der Waals surface area contributed by atoms with Gasteiger partial charge in [0.25, 0.3) is 0 Å². The summed E-state index contributed by atoms with van der Waals surface area (Å²) in [6.45, 7) is 6.21. The topological polar surface area (TPSA) is 63.5 Å². The molecule has 2 saturated heterocycles. The average molecular weight is 293 g/mol.